The number of non-ortho nitro benzene ring substituents is 1. The Morgan fingerprint density at radius 1 is 1.24 bits per heavy atom. The summed E-state index contributed by atoms with van der Waals surface area (Å²) in [7, 11) is 1.54. The fourth-order valence-corrected chi connectivity index (χ4v) is 2.33. The van der Waals surface area contributed by atoms with Gasteiger partial charge in [-0.05, 0) is 23.8 Å². The van der Waals surface area contributed by atoms with Crippen molar-refractivity contribution in [3.05, 3.63) is 68.2 Å². The summed E-state index contributed by atoms with van der Waals surface area (Å²) in [5.74, 6) is 0.514. The number of nitro groups is 1. The molecule has 5 nitrogen and oxygen atoms in total. The number of ether oxygens (including phenoxy) is 1. The van der Waals surface area contributed by atoms with E-state index in [4.69, 9.17) is 4.74 Å². The zero-order valence-corrected chi connectivity index (χ0v) is 12.8. The first kappa shape index (κ1) is 15.2. The SMILES string of the molecule is COc1ccc(Br)c(C(=O)Cc2ccc([N+](=O)[O-])cc2)c1. The molecule has 21 heavy (non-hydrogen) atoms. The number of carbonyl (C=O) groups excluding carboxylic acids is 1. The third-order valence-corrected chi connectivity index (χ3v) is 3.68. The quantitative estimate of drug-likeness (QED) is 0.467. The molecule has 6 heteroatoms. The van der Waals surface area contributed by atoms with Crippen LogP contribution in [-0.2, 0) is 6.42 Å². The lowest BCUT2D eigenvalue weighted by Gasteiger charge is -2.07. The molecular formula is C15H12BrNO4. The maximum atomic E-state index is 12.3. The molecule has 0 saturated heterocycles. The minimum atomic E-state index is -0.468. The van der Waals surface area contributed by atoms with E-state index in [2.05, 4.69) is 15.9 Å². The number of nitrogens with zero attached hydrogens (tertiary/aromatic N) is 1. The first-order valence-electron chi connectivity index (χ1n) is 6.11. The van der Waals surface area contributed by atoms with Gasteiger partial charge in [0.25, 0.3) is 5.69 Å². The lowest BCUT2D eigenvalue weighted by atomic mass is 10.0. The van der Waals surface area contributed by atoms with Crippen molar-refractivity contribution in [3.8, 4) is 5.75 Å². The standard InChI is InChI=1S/C15H12BrNO4/c1-21-12-6-7-14(16)13(9-12)15(18)8-10-2-4-11(5-3-10)17(19)20/h2-7,9H,8H2,1H3. The van der Waals surface area contributed by atoms with Crippen molar-refractivity contribution in [2.24, 2.45) is 0 Å². The number of nitro benzene ring substituents is 1. The summed E-state index contributed by atoms with van der Waals surface area (Å²) in [6.07, 6.45) is 0.170. The highest BCUT2D eigenvalue weighted by molar-refractivity contribution is 9.10. The van der Waals surface area contributed by atoms with Crippen LogP contribution in [0.4, 0.5) is 5.69 Å². The van der Waals surface area contributed by atoms with Gasteiger partial charge in [-0.15, -0.1) is 0 Å². The summed E-state index contributed by atoms with van der Waals surface area (Å²) >= 11 is 3.34. The predicted molar refractivity (Wildman–Crippen MR) is 81.8 cm³/mol. The van der Waals surface area contributed by atoms with Crippen LogP contribution in [-0.4, -0.2) is 17.8 Å². The average Bonchev–Trinajstić information content (AvgIpc) is 2.48. The summed E-state index contributed by atoms with van der Waals surface area (Å²) in [6.45, 7) is 0. The van der Waals surface area contributed by atoms with Gasteiger partial charge in [0, 0.05) is 28.6 Å². The molecule has 0 amide bonds. The summed E-state index contributed by atoms with van der Waals surface area (Å²) < 4.78 is 5.79. The van der Waals surface area contributed by atoms with Crippen molar-refractivity contribution < 1.29 is 14.5 Å². The molecule has 2 aromatic rings. The van der Waals surface area contributed by atoms with E-state index in [-0.39, 0.29) is 17.9 Å². The topological polar surface area (TPSA) is 69.4 Å². The molecule has 0 saturated carbocycles. The number of ketones is 1. The maximum absolute atomic E-state index is 12.3. The number of Topliss-reactive ketones (excluding diaryl/α,β-unsaturated/α-hetero) is 1. The second-order valence-electron chi connectivity index (χ2n) is 4.37. The molecule has 0 unspecified atom stereocenters. The molecule has 0 aromatic heterocycles. The molecule has 0 bridgehead atoms. The smallest absolute Gasteiger partial charge is 0.269 e. The van der Waals surface area contributed by atoms with Gasteiger partial charge in [-0.1, -0.05) is 28.1 Å². The van der Waals surface area contributed by atoms with Gasteiger partial charge in [-0.3, -0.25) is 14.9 Å². The number of benzene rings is 2. The number of hydrogen-bond acceptors (Lipinski definition) is 4. The maximum Gasteiger partial charge on any atom is 0.269 e. The number of rotatable bonds is 5. The molecule has 0 radical (unpaired) electrons. The van der Waals surface area contributed by atoms with Crippen molar-refractivity contribution in [1.82, 2.24) is 0 Å². The fourth-order valence-electron chi connectivity index (χ4n) is 1.86. The van der Waals surface area contributed by atoms with Crippen LogP contribution in [0.25, 0.3) is 0 Å². The molecule has 0 fully saturated rings. The van der Waals surface area contributed by atoms with Crippen LogP contribution >= 0.6 is 15.9 Å². The number of hydrogen-bond donors (Lipinski definition) is 0. The van der Waals surface area contributed by atoms with Gasteiger partial charge in [-0.25, -0.2) is 0 Å². The number of methoxy groups -OCH3 is 1. The highest BCUT2D eigenvalue weighted by Crippen LogP contribution is 2.24. The Balaban J connectivity index is 2.19. The minimum absolute atomic E-state index is 0.00811. The lowest BCUT2D eigenvalue weighted by Crippen LogP contribution is -2.05. The van der Waals surface area contributed by atoms with E-state index in [1.54, 1.807) is 30.3 Å². The average molecular weight is 350 g/mol. The van der Waals surface area contributed by atoms with Crippen molar-refractivity contribution in [2.45, 2.75) is 6.42 Å². The molecule has 0 aliphatic heterocycles. The zero-order valence-electron chi connectivity index (χ0n) is 11.2. The monoisotopic (exact) mass is 349 g/mol. The molecule has 2 rings (SSSR count). The Labute approximate surface area is 129 Å². The lowest BCUT2D eigenvalue weighted by molar-refractivity contribution is -0.384. The Morgan fingerprint density at radius 2 is 1.90 bits per heavy atom. The molecule has 0 spiro atoms. The Kier molecular flexibility index (Phi) is 4.70. The molecule has 108 valence electrons. The Morgan fingerprint density at radius 3 is 2.48 bits per heavy atom. The molecule has 0 heterocycles. The second-order valence-corrected chi connectivity index (χ2v) is 5.22. The first-order chi connectivity index (χ1) is 10.0. The van der Waals surface area contributed by atoms with Crippen molar-refractivity contribution in [2.75, 3.05) is 7.11 Å². The molecule has 0 N–H and O–H groups in total. The van der Waals surface area contributed by atoms with Crippen LogP contribution in [0.1, 0.15) is 15.9 Å². The van der Waals surface area contributed by atoms with Crippen molar-refractivity contribution in [1.29, 1.82) is 0 Å². The van der Waals surface area contributed by atoms with Crippen LogP contribution in [0.15, 0.2) is 46.9 Å². The largest absolute Gasteiger partial charge is 0.497 e. The minimum Gasteiger partial charge on any atom is -0.497 e. The zero-order chi connectivity index (χ0) is 15.4. The molecule has 0 aliphatic rings. The summed E-state index contributed by atoms with van der Waals surface area (Å²) in [5, 5.41) is 10.6. The van der Waals surface area contributed by atoms with Gasteiger partial charge in [0.1, 0.15) is 5.75 Å². The van der Waals surface area contributed by atoms with Crippen LogP contribution in [0.5, 0.6) is 5.75 Å². The van der Waals surface area contributed by atoms with Crippen molar-refractivity contribution >= 4 is 27.4 Å². The van der Waals surface area contributed by atoms with Gasteiger partial charge >= 0.3 is 0 Å². The van der Waals surface area contributed by atoms with E-state index in [1.165, 1.54) is 19.2 Å². The van der Waals surface area contributed by atoms with E-state index < -0.39 is 4.92 Å². The molecular weight excluding hydrogens is 338 g/mol. The van der Waals surface area contributed by atoms with Crippen LogP contribution < -0.4 is 4.74 Å². The first-order valence-corrected chi connectivity index (χ1v) is 6.90. The van der Waals surface area contributed by atoms with E-state index in [1.807, 2.05) is 0 Å². The van der Waals surface area contributed by atoms with Crippen LogP contribution in [0, 0.1) is 10.1 Å². The van der Waals surface area contributed by atoms with Gasteiger partial charge < -0.3 is 4.74 Å². The van der Waals surface area contributed by atoms with Gasteiger partial charge in [0.05, 0.1) is 12.0 Å². The second kappa shape index (κ2) is 6.49. The Hall–Kier alpha value is -2.21. The van der Waals surface area contributed by atoms with E-state index in [9.17, 15) is 14.9 Å². The normalized spacial score (nSPS) is 10.2. The Bertz CT molecular complexity index is 683. The van der Waals surface area contributed by atoms with E-state index in [0.29, 0.717) is 15.8 Å². The summed E-state index contributed by atoms with van der Waals surface area (Å²) in [5.41, 5.74) is 1.25. The number of halogens is 1. The summed E-state index contributed by atoms with van der Waals surface area (Å²) in [4.78, 5) is 22.4. The molecule has 2 aromatic carbocycles. The highest BCUT2D eigenvalue weighted by Gasteiger charge is 2.13. The third kappa shape index (κ3) is 3.66. The highest BCUT2D eigenvalue weighted by atomic mass is 79.9. The van der Waals surface area contributed by atoms with Gasteiger partial charge in [0.2, 0.25) is 0 Å². The fraction of sp³-hybridized carbons (Fsp3) is 0.133. The van der Waals surface area contributed by atoms with Crippen LogP contribution in [0.3, 0.4) is 0 Å². The van der Waals surface area contributed by atoms with Crippen molar-refractivity contribution in [3.63, 3.8) is 0 Å². The van der Waals surface area contributed by atoms with Gasteiger partial charge in [0.15, 0.2) is 5.78 Å². The van der Waals surface area contributed by atoms with E-state index >= 15 is 0 Å². The predicted octanol–water partition coefficient (Wildman–Crippen LogP) is 3.79. The van der Waals surface area contributed by atoms with E-state index in [0.717, 1.165) is 5.56 Å². The number of carbonyl (C=O) groups is 1. The van der Waals surface area contributed by atoms with Crippen LogP contribution in [0.2, 0.25) is 0 Å². The van der Waals surface area contributed by atoms with Gasteiger partial charge in [-0.2, -0.15) is 0 Å². The molecule has 0 aliphatic carbocycles. The summed E-state index contributed by atoms with van der Waals surface area (Å²) in [6, 6.07) is 11.1. The third-order valence-electron chi connectivity index (χ3n) is 2.99. The molecule has 0 atom stereocenters.